The largest absolute Gasteiger partial charge is 0.399 e. The molecule has 5 heteroatoms. The first-order valence-corrected chi connectivity index (χ1v) is 7.19. The molecule has 0 saturated heterocycles. The van der Waals surface area contributed by atoms with Gasteiger partial charge in [-0.25, -0.2) is 4.98 Å². The van der Waals surface area contributed by atoms with Crippen molar-refractivity contribution in [3.63, 3.8) is 0 Å². The predicted molar refractivity (Wildman–Crippen MR) is 80.7 cm³/mol. The molecule has 0 amide bonds. The van der Waals surface area contributed by atoms with E-state index in [-0.39, 0.29) is 6.61 Å². The summed E-state index contributed by atoms with van der Waals surface area (Å²) in [7, 11) is 0. The minimum atomic E-state index is 0.0777. The fourth-order valence-corrected chi connectivity index (χ4v) is 2.35. The van der Waals surface area contributed by atoms with Crippen molar-refractivity contribution in [2.24, 2.45) is 0 Å². The number of hydrogen-bond acceptors (Lipinski definition) is 4. The summed E-state index contributed by atoms with van der Waals surface area (Å²) in [6.45, 7) is 4.17. The molecule has 20 heavy (non-hydrogen) atoms. The fraction of sp³-hybridized carbons (Fsp3) is 0.533. The molecule has 0 radical (unpaired) electrons. The van der Waals surface area contributed by atoms with Gasteiger partial charge < -0.3 is 20.1 Å². The molecule has 1 aromatic carbocycles. The van der Waals surface area contributed by atoms with Crippen LogP contribution in [0.5, 0.6) is 0 Å². The van der Waals surface area contributed by atoms with E-state index < -0.39 is 0 Å². The standard InChI is InChI=1S/C15H23N3O2/c1-2-4-15-17-13-11-12(16)5-6-14(13)18(15)7-3-9-20-10-8-19/h5-6,11,19H,2-4,7-10,16H2,1H3. The van der Waals surface area contributed by atoms with Crippen molar-refractivity contribution in [1.82, 2.24) is 9.55 Å². The lowest BCUT2D eigenvalue weighted by atomic mass is 10.2. The molecule has 2 rings (SSSR count). The van der Waals surface area contributed by atoms with E-state index in [1.165, 1.54) is 0 Å². The van der Waals surface area contributed by atoms with Crippen LogP contribution in [0, 0.1) is 0 Å². The number of nitrogens with two attached hydrogens (primary N) is 1. The third-order valence-corrected chi connectivity index (χ3v) is 3.23. The van der Waals surface area contributed by atoms with Gasteiger partial charge in [0.2, 0.25) is 0 Å². The zero-order valence-electron chi connectivity index (χ0n) is 12.0. The van der Waals surface area contributed by atoms with Crippen LogP contribution in [0.4, 0.5) is 5.69 Å². The van der Waals surface area contributed by atoms with E-state index in [0.29, 0.717) is 13.2 Å². The Morgan fingerprint density at radius 2 is 2.20 bits per heavy atom. The van der Waals surface area contributed by atoms with Crippen molar-refractivity contribution in [2.45, 2.75) is 32.7 Å². The van der Waals surface area contributed by atoms with Crippen molar-refractivity contribution in [2.75, 3.05) is 25.6 Å². The third kappa shape index (κ3) is 3.49. The summed E-state index contributed by atoms with van der Waals surface area (Å²) < 4.78 is 7.56. The van der Waals surface area contributed by atoms with E-state index in [1.807, 2.05) is 18.2 Å². The van der Waals surface area contributed by atoms with Crippen molar-refractivity contribution in [3.8, 4) is 0 Å². The highest BCUT2D eigenvalue weighted by Crippen LogP contribution is 2.20. The summed E-state index contributed by atoms with van der Waals surface area (Å²) in [6, 6.07) is 5.87. The molecular formula is C15H23N3O2. The Morgan fingerprint density at radius 1 is 1.35 bits per heavy atom. The van der Waals surface area contributed by atoms with Gasteiger partial charge in [-0.3, -0.25) is 0 Å². The highest BCUT2D eigenvalue weighted by molar-refractivity contribution is 5.79. The first kappa shape index (κ1) is 14.8. The van der Waals surface area contributed by atoms with Gasteiger partial charge in [-0.05, 0) is 31.0 Å². The molecular weight excluding hydrogens is 254 g/mol. The fourth-order valence-electron chi connectivity index (χ4n) is 2.35. The average molecular weight is 277 g/mol. The number of rotatable bonds is 8. The maximum atomic E-state index is 8.68. The summed E-state index contributed by atoms with van der Waals surface area (Å²) in [4.78, 5) is 4.68. The van der Waals surface area contributed by atoms with Crippen LogP contribution in [-0.2, 0) is 17.7 Å². The lowest BCUT2D eigenvalue weighted by Crippen LogP contribution is -2.08. The SMILES string of the molecule is CCCc1nc2cc(N)ccc2n1CCCOCCO. The monoisotopic (exact) mass is 277 g/mol. The van der Waals surface area contributed by atoms with Gasteiger partial charge in [0, 0.05) is 25.3 Å². The molecule has 1 heterocycles. The Hall–Kier alpha value is -1.59. The smallest absolute Gasteiger partial charge is 0.109 e. The number of anilines is 1. The average Bonchev–Trinajstić information content (AvgIpc) is 2.76. The van der Waals surface area contributed by atoms with E-state index in [0.717, 1.165) is 48.4 Å². The maximum absolute atomic E-state index is 8.68. The normalized spacial score (nSPS) is 11.3. The number of nitrogens with zero attached hydrogens (tertiary/aromatic N) is 2. The number of hydrogen-bond donors (Lipinski definition) is 2. The molecule has 0 aliphatic rings. The summed E-state index contributed by atoms with van der Waals surface area (Å²) >= 11 is 0. The van der Waals surface area contributed by atoms with Gasteiger partial charge in [-0.15, -0.1) is 0 Å². The molecule has 0 aliphatic heterocycles. The second-order valence-electron chi connectivity index (χ2n) is 4.87. The van der Waals surface area contributed by atoms with Crippen LogP contribution in [0.3, 0.4) is 0 Å². The highest BCUT2D eigenvalue weighted by Gasteiger charge is 2.10. The molecule has 1 aromatic heterocycles. The Labute approximate surface area is 119 Å². The van der Waals surface area contributed by atoms with Gasteiger partial charge in [0.05, 0.1) is 24.2 Å². The Balaban J connectivity index is 2.13. The van der Waals surface area contributed by atoms with Crippen molar-refractivity contribution in [1.29, 1.82) is 0 Å². The number of benzene rings is 1. The zero-order chi connectivity index (χ0) is 14.4. The first-order chi connectivity index (χ1) is 9.76. The Morgan fingerprint density at radius 3 is 2.95 bits per heavy atom. The lowest BCUT2D eigenvalue weighted by molar-refractivity contribution is 0.0888. The molecule has 110 valence electrons. The van der Waals surface area contributed by atoms with E-state index in [2.05, 4.69) is 16.5 Å². The van der Waals surface area contributed by atoms with Crippen LogP contribution in [0.2, 0.25) is 0 Å². The molecule has 0 atom stereocenters. The number of ether oxygens (including phenoxy) is 1. The molecule has 0 fully saturated rings. The van der Waals surface area contributed by atoms with Crippen molar-refractivity contribution >= 4 is 16.7 Å². The number of fused-ring (bicyclic) bond motifs is 1. The molecule has 3 N–H and O–H groups in total. The molecule has 5 nitrogen and oxygen atoms in total. The van der Waals surface area contributed by atoms with Crippen LogP contribution in [0.15, 0.2) is 18.2 Å². The minimum Gasteiger partial charge on any atom is -0.399 e. The minimum absolute atomic E-state index is 0.0777. The third-order valence-electron chi connectivity index (χ3n) is 3.23. The Bertz CT molecular complexity index is 551. The molecule has 0 aliphatic carbocycles. The molecule has 2 aromatic rings. The van der Waals surface area contributed by atoms with Gasteiger partial charge in [0.25, 0.3) is 0 Å². The van der Waals surface area contributed by atoms with E-state index in [9.17, 15) is 0 Å². The predicted octanol–water partition coefficient (Wildman–Crippen LogP) is 1.97. The van der Waals surface area contributed by atoms with Crippen LogP contribution in [0.25, 0.3) is 11.0 Å². The molecule has 0 unspecified atom stereocenters. The topological polar surface area (TPSA) is 73.3 Å². The highest BCUT2D eigenvalue weighted by atomic mass is 16.5. The van der Waals surface area contributed by atoms with Crippen LogP contribution < -0.4 is 5.73 Å². The maximum Gasteiger partial charge on any atom is 0.109 e. The van der Waals surface area contributed by atoms with Crippen molar-refractivity contribution in [3.05, 3.63) is 24.0 Å². The first-order valence-electron chi connectivity index (χ1n) is 7.19. The van der Waals surface area contributed by atoms with Crippen LogP contribution in [-0.4, -0.2) is 34.5 Å². The second-order valence-corrected chi connectivity index (χ2v) is 4.87. The van der Waals surface area contributed by atoms with Gasteiger partial charge in [0.15, 0.2) is 0 Å². The molecule has 0 bridgehead atoms. The number of aliphatic hydroxyl groups is 1. The van der Waals surface area contributed by atoms with E-state index in [4.69, 9.17) is 15.6 Å². The zero-order valence-corrected chi connectivity index (χ0v) is 12.0. The number of aliphatic hydroxyl groups excluding tert-OH is 1. The van der Waals surface area contributed by atoms with Gasteiger partial charge in [-0.2, -0.15) is 0 Å². The number of aryl methyl sites for hydroxylation is 2. The molecule has 0 spiro atoms. The Kier molecular flexibility index (Phi) is 5.38. The van der Waals surface area contributed by atoms with Crippen molar-refractivity contribution < 1.29 is 9.84 Å². The van der Waals surface area contributed by atoms with Gasteiger partial charge in [-0.1, -0.05) is 6.92 Å². The lowest BCUT2D eigenvalue weighted by Gasteiger charge is -2.09. The number of aromatic nitrogens is 2. The summed E-state index contributed by atoms with van der Waals surface area (Å²) in [5.74, 6) is 1.11. The second kappa shape index (κ2) is 7.26. The quantitative estimate of drug-likeness (QED) is 0.571. The number of nitrogen functional groups attached to an aromatic ring is 1. The van der Waals surface area contributed by atoms with E-state index >= 15 is 0 Å². The summed E-state index contributed by atoms with van der Waals surface area (Å²) in [6.07, 6.45) is 2.94. The van der Waals surface area contributed by atoms with Crippen LogP contribution >= 0.6 is 0 Å². The van der Waals surface area contributed by atoms with Gasteiger partial charge >= 0.3 is 0 Å². The van der Waals surface area contributed by atoms with E-state index in [1.54, 1.807) is 0 Å². The molecule has 0 saturated carbocycles. The van der Waals surface area contributed by atoms with Gasteiger partial charge in [0.1, 0.15) is 5.82 Å². The summed E-state index contributed by atoms with van der Waals surface area (Å²) in [5, 5.41) is 8.68. The summed E-state index contributed by atoms with van der Waals surface area (Å²) in [5.41, 5.74) is 8.66. The number of imidazole rings is 1. The van der Waals surface area contributed by atoms with Crippen LogP contribution in [0.1, 0.15) is 25.6 Å².